The molecule has 4 nitrogen and oxygen atoms in total. The summed E-state index contributed by atoms with van der Waals surface area (Å²) in [6.45, 7) is 9.66. The van der Waals surface area contributed by atoms with Crippen LogP contribution in [0, 0.1) is 16.7 Å². The Kier molecular flexibility index (Phi) is 6.50. The number of carbonyl (C=O) groups excluding carboxylic acids is 2. The van der Waals surface area contributed by atoms with E-state index in [1.807, 2.05) is 52.0 Å². The molecule has 0 aliphatic rings. The van der Waals surface area contributed by atoms with Gasteiger partial charge in [-0.1, -0.05) is 45.9 Å². The van der Waals surface area contributed by atoms with E-state index < -0.39 is 11.4 Å². The van der Waals surface area contributed by atoms with Crippen molar-refractivity contribution in [2.75, 3.05) is 0 Å². The first-order chi connectivity index (χ1) is 10.8. The fourth-order valence-electron chi connectivity index (χ4n) is 2.36. The monoisotopic (exact) mass is 315 g/mol. The Morgan fingerprint density at radius 1 is 1.26 bits per heavy atom. The van der Waals surface area contributed by atoms with E-state index in [0.717, 1.165) is 11.1 Å². The zero-order valence-electron chi connectivity index (χ0n) is 14.6. The number of nitrogens with zero attached hydrogens (tertiary/aromatic N) is 1. The highest BCUT2D eigenvalue weighted by molar-refractivity contribution is 5.82. The number of rotatable bonds is 7. The van der Waals surface area contributed by atoms with E-state index in [9.17, 15) is 14.9 Å². The number of nitriles is 1. The molecule has 0 fully saturated rings. The SMILES string of the molecule is CC(C)c1cccc(C(C)C)c1OC(=O)[C@@](C)(C#N)CCC=O. The Balaban J connectivity index is 3.24. The minimum atomic E-state index is -1.32. The van der Waals surface area contributed by atoms with Crippen LogP contribution in [0.15, 0.2) is 18.2 Å². The number of benzene rings is 1. The molecule has 0 N–H and O–H groups in total. The number of carbonyl (C=O) groups is 2. The van der Waals surface area contributed by atoms with E-state index in [4.69, 9.17) is 4.74 Å². The van der Waals surface area contributed by atoms with Gasteiger partial charge in [0, 0.05) is 6.42 Å². The summed E-state index contributed by atoms with van der Waals surface area (Å²) in [6, 6.07) is 7.83. The van der Waals surface area contributed by atoms with Crippen LogP contribution in [0.2, 0.25) is 0 Å². The summed E-state index contributed by atoms with van der Waals surface area (Å²) < 4.78 is 5.68. The fourth-order valence-corrected chi connectivity index (χ4v) is 2.36. The molecule has 0 unspecified atom stereocenters. The average molecular weight is 315 g/mol. The van der Waals surface area contributed by atoms with Gasteiger partial charge in [-0.05, 0) is 36.3 Å². The molecule has 0 aromatic heterocycles. The third-order valence-electron chi connectivity index (χ3n) is 3.97. The molecule has 23 heavy (non-hydrogen) atoms. The van der Waals surface area contributed by atoms with E-state index in [-0.39, 0.29) is 24.7 Å². The lowest BCUT2D eigenvalue weighted by Crippen LogP contribution is -2.31. The molecule has 0 amide bonds. The van der Waals surface area contributed by atoms with Crippen molar-refractivity contribution < 1.29 is 14.3 Å². The molecule has 0 saturated carbocycles. The molecular formula is C19H25NO3. The summed E-state index contributed by atoms with van der Waals surface area (Å²) in [4.78, 5) is 23.1. The molecule has 0 radical (unpaired) electrons. The first-order valence-corrected chi connectivity index (χ1v) is 7.96. The number of hydrogen-bond donors (Lipinski definition) is 0. The molecule has 0 aliphatic carbocycles. The van der Waals surface area contributed by atoms with Crippen LogP contribution in [0.1, 0.15) is 70.4 Å². The number of ether oxygens (including phenoxy) is 1. The van der Waals surface area contributed by atoms with Crippen molar-refractivity contribution in [3.63, 3.8) is 0 Å². The lowest BCUT2D eigenvalue weighted by Gasteiger charge is -2.23. The van der Waals surface area contributed by atoms with Crippen molar-refractivity contribution in [3.05, 3.63) is 29.3 Å². The Morgan fingerprint density at radius 2 is 1.78 bits per heavy atom. The van der Waals surface area contributed by atoms with E-state index in [2.05, 4.69) is 0 Å². The summed E-state index contributed by atoms with van der Waals surface area (Å²) in [5.74, 6) is 0.339. The maximum Gasteiger partial charge on any atom is 0.331 e. The zero-order chi connectivity index (χ0) is 17.6. The Labute approximate surface area is 138 Å². The summed E-state index contributed by atoms with van der Waals surface area (Å²) in [6.07, 6.45) is 1.03. The molecule has 1 aromatic rings. The van der Waals surface area contributed by atoms with Gasteiger partial charge < -0.3 is 9.53 Å². The van der Waals surface area contributed by atoms with Crippen LogP contribution in [0.3, 0.4) is 0 Å². The molecule has 1 rings (SSSR count). The van der Waals surface area contributed by atoms with Crippen molar-refractivity contribution in [1.82, 2.24) is 0 Å². The van der Waals surface area contributed by atoms with Gasteiger partial charge in [-0.25, -0.2) is 4.79 Å². The van der Waals surface area contributed by atoms with Crippen LogP contribution < -0.4 is 4.74 Å². The summed E-state index contributed by atoms with van der Waals surface area (Å²) >= 11 is 0. The second-order valence-corrected chi connectivity index (χ2v) is 6.61. The minimum absolute atomic E-state index is 0.155. The second-order valence-electron chi connectivity index (χ2n) is 6.61. The lowest BCUT2D eigenvalue weighted by atomic mass is 9.87. The van der Waals surface area contributed by atoms with E-state index in [1.54, 1.807) is 0 Å². The van der Waals surface area contributed by atoms with Gasteiger partial charge in [0.25, 0.3) is 0 Å². The van der Waals surface area contributed by atoms with Gasteiger partial charge >= 0.3 is 5.97 Å². The smallest absolute Gasteiger partial charge is 0.331 e. The summed E-state index contributed by atoms with van der Waals surface area (Å²) in [7, 11) is 0. The molecule has 0 aliphatic heterocycles. The quantitative estimate of drug-likeness (QED) is 0.426. The maximum absolute atomic E-state index is 12.6. The molecule has 1 atom stereocenters. The van der Waals surface area contributed by atoms with Crippen molar-refractivity contribution in [1.29, 1.82) is 5.26 Å². The van der Waals surface area contributed by atoms with Gasteiger partial charge in [0.15, 0.2) is 5.41 Å². The third-order valence-corrected chi connectivity index (χ3v) is 3.97. The first kappa shape index (κ1) is 18.9. The van der Waals surface area contributed by atoms with Crippen LogP contribution in [0.4, 0.5) is 0 Å². The molecule has 0 saturated heterocycles. The van der Waals surface area contributed by atoms with Gasteiger partial charge in [0.2, 0.25) is 0 Å². The number of esters is 1. The van der Waals surface area contributed by atoms with Gasteiger partial charge in [0.05, 0.1) is 6.07 Å². The van der Waals surface area contributed by atoms with Crippen LogP contribution in [0.5, 0.6) is 5.75 Å². The van der Waals surface area contributed by atoms with Crippen LogP contribution in [-0.4, -0.2) is 12.3 Å². The molecule has 1 aromatic carbocycles. The van der Waals surface area contributed by atoms with Gasteiger partial charge in [-0.2, -0.15) is 5.26 Å². The number of para-hydroxylation sites is 1. The molecular weight excluding hydrogens is 290 g/mol. The largest absolute Gasteiger partial charge is 0.425 e. The van der Waals surface area contributed by atoms with Crippen LogP contribution in [-0.2, 0) is 9.59 Å². The van der Waals surface area contributed by atoms with Crippen LogP contribution >= 0.6 is 0 Å². The molecule has 4 heteroatoms. The third kappa shape index (κ3) is 4.41. The predicted octanol–water partition coefficient (Wildman–Crippen LogP) is 4.35. The van der Waals surface area contributed by atoms with Gasteiger partial charge in [-0.15, -0.1) is 0 Å². The zero-order valence-corrected chi connectivity index (χ0v) is 14.6. The normalized spacial score (nSPS) is 13.5. The Hall–Kier alpha value is -2.15. The van der Waals surface area contributed by atoms with Crippen molar-refractivity contribution in [2.45, 2.75) is 59.3 Å². The molecule has 0 heterocycles. The summed E-state index contributed by atoms with van der Waals surface area (Å²) in [5.41, 5.74) is 0.569. The topological polar surface area (TPSA) is 67.2 Å². The van der Waals surface area contributed by atoms with Crippen molar-refractivity contribution in [3.8, 4) is 11.8 Å². The fraction of sp³-hybridized carbons (Fsp3) is 0.526. The van der Waals surface area contributed by atoms with Crippen LogP contribution in [0.25, 0.3) is 0 Å². The average Bonchev–Trinajstić information content (AvgIpc) is 2.52. The highest BCUT2D eigenvalue weighted by Gasteiger charge is 2.36. The highest BCUT2D eigenvalue weighted by atomic mass is 16.5. The van der Waals surface area contributed by atoms with E-state index in [0.29, 0.717) is 12.0 Å². The minimum Gasteiger partial charge on any atom is -0.425 e. The van der Waals surface area contributed by atoms with Crippen molar-refractivity contribution in [2.24, 2.45) is 5.41 Å². The molecule has 0 bridgehead atoms. The second kappa shape index (κ2) is 7.92. The Bertz CT molecular complexity index is 587. The first-order valence-electron chi connectivity index (χ1n) is 7.96. The highest BCUT2D eigenvalue weighted by Crippen LogP contribution is 2.36. The number of hydrogen-bond acceptors (Lipinski definition) is 4. The molecule has 0 spiro atoms. The van der Waals surface area contributed by atoms with E-state index in [1.165, 1.54) is 6.92 Å². The van der Waals surface area contributed by atoms with Gasteiger partial charge in [0.1, 0.15) is 12.0 Å². The van der Waals surface area contributed by atoms with Crippen molar-refractivity contribution >= 4 is 12.3 Å². The van der Waals surface area contributed by atoms with Gasteiger partial charge in [-0.3, -0.25) is 0 Å². The number of aldehydes is 1. The predicted molar refractivity (Wildman–Crippen MR) is 89.3 cm³/mol. The maximum atomic E-state index is 12.6. The lowest BCUT2D eigenvalue weighted by molar-refractivity contribution is -0.142. The standard InChI is InChI=1S/C19H25NO3/c1-13(2)15-8-6-9-16(14(3)4)17(15)23-18(22)19(5,12-20)10-7-11-21/h6,8-9,11,13-14H,7,10H2,1-5H3/t19-/m1/s1. The Morgan fingerprint density at radius 3 is 2.17 bits per heavy atom. The summed E-state index contributed by atoms with van der Waals surface area (Å²) in [5, 5.41) is 9.35. The molecule has 124 valence electrons. The van der Waals surface area contributed by atoms with E-state index >= 15 is 0 Å².